The maximum absolute atomic E-state index is 11.9. The summed E-state index contributed by atoms with van der Waals surface area (Å²) >= 11 is 0. The second kappa shape index (κ2) is 5.57. The number of aliphatic hydroxyl groups excluding tert-OH is 1. The molecule has 0 bridgehead atoms. The smallest absolute Gasteiger partial charge is 0.242 e. The molecule has 4 nitrogen and oxygen atoms in total. The third-order valence-electron chi connectivity index (χ3n) is 3.62. The van der Waals surface area contributed by atoms with Gasteiger partial charge in [0, 0.05) is 25.5 Å². The first-order valence-electron chi connectivity index (χ1n) is 6.77. The first kappa shape index (κ1) is 13.1. The number of rotatable bonds is 6. The van der Waals surface area contributed by atoms with E-state index in [9.17, 15) is 9.90 Å². The third kappa shape index (κ3) is 2.93. The minimum Gasteiger partial charge on any atom is -0.388 e. The van der Waals surface area contributed by atoms with E-state index >= 15 is 0 Å². The van der Waals surface area contributed by atoms with Gasteiger partial charge in [-0.15, -0.1) is 0 Å². The van der Waals surface area contributed by atoms with E-state index in [4.69, 9.17) is 0 Å². The van der Waals surface area contributed by atoms with Crippen molar-refractivity contribution in [2.45, 2.75) is 39.3 Å². The second-order valence-corrected chi connectivity index (χ2v) is 4.97. The van der Waals surface area contributed by atoms with Crippen molar-refractivity contribution >= 4 is 5.91 Å². The Morgan fingerprint density at radius 3 is 2.72 bits per heavy atom. The zero-order valence-electron chi connectivity index (χ0n) is 11.2. The Labute approximate surface area is 108 Å². The summed E-state index contributed by atoms with van der Waals surface area (Å²) < 4.78 is 1.86. The van der Waals surface area contributed by atoms with Crippen LogP contribution in [0.4, 0.5) is 0 Å². The number of carbonyl (C=O) groups is 1. The molecule has 1 saturated carbocycles. The van der Waals surface area contributed by atoms with Crippen molar-refractivity contribution < 1.29 is 9.90 Å². The van der Waals surface area contributed by atoms with Crippen LogP contribution in [-0.4, -0.2) is 33.6 Å². The number of hydrogen-bond acceptors (Lipinski definition) is 2. The number of aromatic nitrogens is 1. The van der Waals surface area contributed by atoms with Gasteiger partial charge >= 0.3 is 0 Å². The second-order valence-electron chi connectivity index (χ2n) is 4.97. The lowest BCUT2D eigenvalue weighted by Crippen LogP contribution is -2.33. The Bertz CT molecular complexity index is 406. The fraction of sp³-hybridized carbons (Fsp3) is 0.643. The number of amides is 1. The van der Waals surface area contributed by atoms with Crippen molar-refractivity contribution in [2.75, 3.05) is 13.1 Å². The molecule has 1 aromatic rings. The van der Waals surface area contributed by atoms with Gasteiger partial charge in [-0.05, 0) is 44.2 Å². The summed E-state index contributed by atoms with van der Waals surface area (Å²) in [5, 5.41) is 10.0. The van der Waals surface area contributed by atoms with Gasteiger partial charge in [0.15, 0.2) is 0 Å². The van der Waals surface area contributed by atoms with Crippen LogP contribution in [0.15, 0.2) is 18.5 Å². The number of nitrogens with zero attached hydrogens (tertiary/aromatic N) is 2. The van der Waals surface area contributed by atoms with E-state index in [0.717, 1.165) is 31.5 Å². The van der Waals surface area contributed by atoms with Crippen molar-refractivity contribution in [3.63, 3.8) is 0 Å². The highest BCUT2D eigenvalue weighted by atomic mass is 16.3. The topological polar surface area (TPSA) is 45.5 Å². The molecule has 0 saturated heterocycles. The molecular formula is C14H22N2O2. The molecular weight excluding hydrogens is 228 g/mol. The molecule has 1 aliphatic carbocycles. The van der Waals surface area contributed by atoms with Crippen LogP contribution < -0.4 is 0 Å². The van der Waals surface area contributed by atoms with Crippen molar-refractivity contribution in [3.05, 3.63) is 24.0 Å². The lowest BCUT2D eigenvalue weighted by molar-refractivity contribution is -0.131. The van der Waals surface area contributed by atoms with Crippen molar-refractivity contribution in [3.8, 4) is 0 Å². The van der Waals surface area contributed by atoms with Crippen molar-refractivity contribution in [1.82, 2.24) is 9.47 Å². The first-order valence-corrected chi connectivity index (χ1v) is 6.77. The molecule has 1 fully saturated rings. The molecule has 0 aromatic carbocycles. The molecule has 0 spiro atoms. The average molecular weight is 250 g/mol. The average Bonchev–Trinajstić information content (AvgIpc) is 3.11. The first-order chi connectivity index (χ1) is 8.65. The van der Waals surface area contributed by atoms with E-state index in [1.54, 1.807) is 0 Å². The van der Waals surface area contributed by atoms with Crippen LogP contribution in [-0.2, 0) is 11.3 Å². The largest absolute Gasteiger partial charge is 0.388 e. The van der Waals surface area contributed by atoms with Crippen LogP contribution in [0.25, 0.3) is 0 Å². The van der Waals surface area contributed by atoms with Gasteiger partial charge in [0.25, 0.3) is 0 Å². The molecule has 1 aliphatic rings. The van der Waals surface area contributed by atoms with Crippen LogP contribution in [0.5, 0.6) is 0 Å². The summed E-state index contributed by atoms with van der Waals surface area (Å²) in [4.78, 5) is 13.8. The fourth-order valence-corrected chi connectivity index (χ4v) is 2.25. The number of carbonyl (C=O) groups excluding carboxylic acids is 1. The Kier molecular flexibility index (Phi) is 4.07. The van der Waals surface area contributed by atoms with Gasteiger partial charge in [-0.2, -0.15) is 0 Å². The predicted octanol–water partition coefficient (Wildman–Crippen LogP) is 1.80. The zero-order valence-corrected chi connectivity index (χ0v) is 11.2. The molecule has 0 radical (unpaired) electrons. The summed E-state index contributed by atoms with van der Waals surface area (Å²) in [6, 6.07) is 1.92. The summed E-state index contributed by atoms with van der Waals surface area (Å²) in [5.74, 6) is 0.558. The van der Waals surface area contributed by atoms with Gasteiger partial charge in [0.1, 0.15) is 6.54 Å². The van der Waals surface area contributed by atoms with Gasteiger partial charge < -0.3 is 14.6 Å². The van der Waals surface area contributed by atoms with Crippen molar-refractivity contribution in [2.24, 2.45) is 5.92 Å². The zero-order chi connectivity index (χ0) is 13.1. The molecule has 1 atom stereocenters. The quantitative estimate of drug-likeness (QED) is 0.836. The Morgan fingerprint density at radius 1 is 1.50 bits per heavy atom. The van der Waals surface area contributed by atoms with E-state index in [1.165, 1.54) is 0 Å². The molecule has 0 aliphatic heterocycles. The van der Waals surface area contributed by atoms with E-state index < -0.39 is 0 Å². The van der Waals surface area contributed by atoms with Gasteiger partial charge in [-0.3, -0.25) is 4.79 Å². The summed E-state index contributed by atoms with van der Waals surface area (Å²) in [6.07, 6.45) is 5.65. The molecule has 1 unspecified atom stereocenters. The molecule has 18 heavy (non-hydrogen) atoms. The number of hydrogen-bond donors (Lipinski definition) is 1. The number of aliphatic hydroxyl groups is 1. The Hall–Kier alpha value is -1.29. The van der Waals surface area contributed by atoms with Gasteiger partial charge in [-0.1, -0.05) is 0 Å². The highest BCUT2D eigenvalue weighted by molar-refractivity contribution is 5.75. The fourth-order valence-electron chi connectivity index (χ4n) is 2.25. The van der Waals surface area contributed by atoms with Gasteiger partial charge in [0.2, 0.25) is 5.91 Å². The molecule has 1 N–H and O–H groups in total. The Balaban J connectivity index is 1.95. The summed E-state index contributed by atoms with van der Waals surface area (Å²) in [6.45, 7) is 5.82. The molecule has 2 rings (SSSR count). The third-order valence-corrected chi connectivity index (χ3v) is 3.62. The molecule has 100 valence electrons. The van der Waals surface area contributed by atoms with Gasteiger partial charge in [-0.25, -0.2) is 0 Å². The molecule has 4 heteroatoms. The number of likely N-dealkylation sites (N-methyl/N-ethyl adjacent to an activating group) is 1. The standard InChI is InChI=1S/C14H22N2O2/c1-3-16(4-2)13(17)10-15-8-7-12(9-15)14(18)11-5-6-11/h7-9,11,14,18H,3-6,10H2,1-2H3. The summed E-state index contributed by atoms with van der Waals surface area (Å²) in [5.41, 5.74) is 0.935. The van der Waals surface area contributed by atoms with Crippen LogP contribution in [0.3, 0.4) is 0 Å². The molecule has 1 heterocycles. The lowest BCUT2D eigenvalue weighted by Gasteiger charge is -2.18. The van der Waals surface area contributed by atoms with Crippen molar-refractivity contribution in [1.29, 1.82) is 0 Å². The minimum absolute atomic E-state index is 0.128. The van der Waals surface area contributed by atoms with Crippen LogP contribution in [0, 0.1) is 5.92 Å². The lowest BCUT2D eigenvalue weighted by atomic mass is 10.1. The van der Waals surface area contributed by atoms with Crippen LogP contribution in [0.2, 0.25) is 0 Å². The SMILES string of the molecule is CCN(CC)C(=O)Cn1ccc(C(O)C2CC2)c1. The Morgan fingerprint density at radius 2 is 2.17 bits per heavy atom. The highest BCUT2D eigenvalue weighted by Gasteiger charge is 2.31. The van der Waals surface area contributed by atoms with E-state index in [2.05, 4.69) is 0 Å². The summed E-state index contributed by atoms with van der Waals surface area (Å²) in [7, 11) is 0. The minimum atomic E-state index is -0.352. The molecule has 1 aromatic heterocycles. The normalized spacial score (nSPS) is 16.6. The van der Waals surface area contributed by atoms with Gasteiger partial charge in [0.05, 0.1) is 6.10 Å². The predicted molar refractivity (Wildman–Crippen MR) is 70.0 cm³/mol. The molecule has 1 amide bonds. The maximum Gasteiger partial charge on any atom is 0.242 e. The van der Waals surface area contributed by atoms with E-state index in [1.807, 2.05) is 41.8 Å². The highest BCUT2D eigenvalue weighted by Crippen LogP contribution is 2.40. The monoisotopic (exact) mass is 250 g/mol. The maximum atomic E-state index is 11.9. The van der Waals surface area contributed by atoms with Crippen LogP contribution in [0.1, 0.15) is 38.4 Å². The van der Waals surface area contributed by atoms with E-state index in [-0.39, 0.29) is 12.0 Å². The van der Waals surface area contributed by atoms with E-state index in [0.29, 0.717) is 12.5 Å². The van der Waals surface area contributed by atoms with Crippen LogP contribution >= 0.6 is 0 Å².